The molecule has 4 heteroatoms. The van der Waals surface area contributed by atoms with Gasteiger partial charge < -0.3 is 10.2 Å². The van der Waals surface area contributed by atoms with Crippen LogP contribution in [0.25, 0.3) is 0 Å². The number of aryl methyl sites for hydroxylation is 1. The van der Waals surface area contributed by atoms with Crippen LogP contribution >= 0.6 is 0 Å². The molecule has 1 aliphatic carbocycles. The highest BCUT2D eigenvalue weighted by molar-refractivity contribution is 5.24. The molecule has 0 aromatic carbocycles. The molecule has 0 radical (unpaired) electrons. The fourth-order valence-corrected chi connectivity index (χ4v) is 3.59. The molecule has 2 aliphatic rings. The van der Waals surface area contributed by atoms with Crippen LogP contribution in [-0.2, 0) is 13.5 Å². The lowest BCUT2D eigenvalue weighted by Gasteiger charge is -2.25. The predicted molar refractivity (Wildman–Crippen MR) is 77.1 cm³/mol. The van der Waals surface area contributed by atoms with Crippen LogP contribution < -0.4 is 5.32 Å². The largest absolute Gasteiger partial charge is 0.309 e. The van der Waals surface area contributed by atoms with Gasteiger partial charge in [0.1, 0.15) is 0 Å². The van der Waals surface area contributed by atoms with Crippen molar-refractivity contribution in [2.24, 2.45) is 13.0 Å². The molecule has 0 saturated carbocycles. The van der Waals surface area contributed by atoms with Crippen molar-refractivity contribution in [1.29, 1.82) is 0 Å². The Hall–Kier alpha value is -0.870. The SMILES string of the molecule is CCN1CCC(CNC2CCCc3c2cnn3C)C1. The van der Waals surface area contributed by atoms with Crippen molar-refractivity contribution in [2.75, 3.05) is 26.2 Å². The normalized spacial score (nSPS) is 27.7. The molecular formula is C15H26N4. The number of hydrogen-bond acceptors (Lipinski definition) is 3. The number of likely N-dealkylation sites (tertiary alicyclic amines) is 1. The second kappa shape index (κ2) is 5.63. The second-order valence-electron chi connectivity index (χ2n) is 6.07. The first-order valence-corrected chi connectivity index (χ1v) is 7.74. The van der Waals surface area contributed by atoms with E-state index in [0.29, 0.717) is 6.04 Å². The van der Waals surface area contributed by atoms with E-state index in [9.17, 15) is 0 Å². The molecule has 1 fully saturated rings. The van der Waals surface area contributed by atoms with E-state index < -0.39 is 0 Å². The zero-order valence-electron chi connectivity index (χ0n) is 12.2. The highest BCUT2D eigenvalue weighted by atomic mass is 15.3. The van der Waals surface area contributed by atoms with Gasteiger partial charge in [-0.25, -0.2) is 0 Å². The Morgan fingerprint density at radius 2 is 2.32 bits per heavy atom. The van der Waals surface area contributed by atoms with E-state index in [0.717, 1.165) is 12.5 Å². The van der Waals surface area contributed by atoms with Gasteiger partial charge in [-0.15, -0.1) is 0 Å². The Kier molecular flexibility index (Phi) is 3.89. The van der Waals surface area contributed by atoms with Gasteiger partial charge in [0, 0.05) is 30.9 Å². The predicted octanol–water partition coefficient (Wildman–Crippen LogP) is 1.73. The maximum Gasteiger partial charge on any atom is 0.0540 e. The standard InChI is InChI=1S/C15H26N4/c1-3-19-8-7-12(11-19)9-16-14-5-4-6-15-13(14)10-17-18(15)2/h10,12,14,16H,3-9,11H2,1-2H3. The van der Waals surface area contributed by atoms with Gasteiger partial charge in [-0.05, 0) is 51.2 Å². The summed E-state index contributed by atoms with van der Waals surface area (Å²) in [4.78, 5) is 2.56. The summed E-state index contributed by atoms with van der Waals surface area (Å²) >= 11 is 0. The van der Waals surface area contributed by atoms with E-state index >= 15 is 0 Å². The molecule has 2 heterocycles. The van der Waals surface area contributed by atoms with Gasteiger partial charge in [0.2, 0.25) is 0 Å². The summed E-state index contributed by atoms with van der Waals surface area (Å²) in [5, 5.41) is 8.22. The van der Waals surface area contributed by atoms with Crippen molar-refractivity contribution in [1.82, 2.24) is 20.0 Å². The van der Waals surface area contributed by atoms with Crippen LogP contribution in [0.5, 0.6) is 0 Å². The van der Waals surface area contributed by atoms with Crippen molar-refractivity contribution in [3.05, 3.63) is 17.5 Å². The number of nitrogens with zero attached hydrogens (tertiary/aromatic N) is 3. The lowest BCUT2D eigenvalue weighted by atomic mass is 9.92. The van der Waals surface area contributed by atoms with Crippen LogP contribution in [0.3, 0.4) is 0 Å². The Labute approximate surface area is 116 Å². The highest BCUT2D eigenvalue weighted by Crippen LogP contribution is 2.29. The van der Waals surface area contributed by atoms with Crippen molar-refractivity contribution in [2.45, 2.75) is 38.6 Å². The number of rotatable bonds is 4. The van der Waals surface area contributed by atoms with Gasteiger partial charge in [-0.2, -0.15) is 5.10 Å². The molecule has 4 nitrogen and oxygen atoms in total. The first kappa shape index (κ1) is 13.1. The molecule has 19 heavy (non-hydrogen) atoms. The van der Waals surface area contributed by atoms with E-state index in [4.69, 9.17) is 0 Å². The Balaban J connectivity index is 1.57. The molecule has 1 aliphatic heterocycles. The molecule has 2 unspecified atom stereocenters. The maximum atomic E-state index is 4.42. The molecule has 1 aromatic heterocycles. The van der Waals surface area contributed by atoms with Crippen molar-refractivity contribution in [3.63, 3.8) is 0 Å². The Bertz CT molecular complexity index is 426. The monoisotopic (exact) mass is 262 g/mol. The van der Waals surface area contributed by atoms with Crippen molar-refractivity contribution < 1.29 is 0 Å². The lowest BCUT2D eigenvalue weighted by molar-refractivity contribution is 0.331. The molecule has 0 spiro atoms. The third-order valence-corrected chi connectivity index (χ3v) is 4.85. The summed E-state index contributed by atoms with van der Waals surface area (Å²) in [6.07, 6.45) is 7.17. The van der Waals surface area contributed by atoms with E-state index in [1.807, 2.05) is 0 Å². The number of nitrogens with one attached hydrogen (secondary N) is 1. The zero-order valence-corrected chi connectivity index (χ0v) is 12.2. The van der Waals surface area contributed by atoms with E-state index in [2.05, 4.69) is 40.2 Å². The molecule has 1 aromatic rings. The molecule has 3 rings (SSSR count). The van der Waals surface area contributed by atoms with E-state index in [1.165, 1.54) is 56.6 Å². The summed E-state index contributed by atoms with van der Waals surface area (Å²) in [5.74, 6) is 0.835. The van der Waals surface area contributed by atoms with E-state index in [1.54, 1.807) is 0 Å². The summed E-state index contributed by atoms with van der Waals surface area (Å²) in [6, 6.07) is 0.535. The van der Waals surface area contributed by atoms with Gasteiger partial charge in [-0.1, -0.05) is 6.92 Å². The van der Waals surface area contributed by atoms with Crippen LogP contribution in [0.1, 0.15) is 43.5 Å². The molecule has 106 valence electrons. The minimum atomic E-state index is 0.535. The maximum absolute atomic E-state index is 4.42. The molecule has 0 bridgehead atoms. The first-order chi connectivity index (χ1) is 9.28. The highest BCUT2D eigenvalue weighted by Gasteiger charge is 2.26. The van der Waals surface area contributed by atoms with Crippen molar-refractivity contribution in [3.8, 4) is 0 Å². The number of aromatic nitrogens is 2. The van der Waals surface area contributed by atoms with Crippen molar-refractivity contribution >= 4 is 0 Å². The van der Waals surface area contributed by atoms with Gasteiger partial charge >= 0.3 is 0 Å². The van der Waals surface area contributed by atoms with Crippen LogP contribution in [0.4, 0.5) is 0 Å². The van der Waals surface area contributed by atoms with Gasteiger partial charge in [0.15, 0.2) is 0 Å². The lowest BCUT2D eigenvalue weighted by Crippen LogP contribution is -2.31. The molecule has 0 amide bonds. The minimum absolute atomic E-state index is 0.535. The third-order valence-electron chi connectivity index (χ3n) is 4.85. The van der Waals surface area contributed by atoms with Crippen LogP contribution in [0.15, 0.2) is 6.20 Å². The van der Waals surface area contributed by atoms with Crippen LogP contribution in [0.2, 0.25) is 0 Å². The third kappa shape index (κ3) is 2.70. The van der Waals surface area contributed by atoms with Gasteiger partial charge in [0.05, 0.1) is 6.20 Å². The Morgan fingerprint density at radius 3 is 3.11 bits per heavy atom. The van der Waals surface area contributed by atoms with E-state index in [-0.39, 0.29) is 0 Å². The average molecular weight is 262 g/mol. The molecule has 1 saturated heterocycles. The summed E-state index contributed by atoms with van der Waals surface area (Å²) in [6.45, 7) is 7.18. The smallest absolute Gasteiger partial charge is 0.0540 e. The van der Waals surface area contributed by atoms with Crippen LogP contribution in [0, 0.1) is 5.92 Å². The second-order valence-corrected chi connectivity index (χ2v) is 6.07. The zero-order chi connectivity index (χ0) is 13.2. The molecular weight excluding hydrogens is 236 g/mol. The molecule has 1 N–H and O–H groups in total. The summed E-state index contributed by atoms with van der Waals surface area (Å²) < 4.78 is 2.05. The minimum Gasteiger partial charge on any atom is -0.309 e. The average Bonchev–Trinajstić information content (AvgIpc) is 3.04. The number of hydrogen-bond donors (Lipinski definition) is 1. The topological polar surface area (TPSA) is 33.1 Å². The fraction of sp³-hybridized carbons (Fsp3) is 0.800. The van der Waals surface area contributed by atoms with Crippen LogP contribution in [-0.4, -0.2) is 40.9 Å². The van der Waals surface area contributed by atoms with Gasteiger partial charge in [-0.3, -0.25) is 4.68 Å². The summed E-state index contributed by atoms with van der Waals surface area (Å²) in [5.41, 5.74) is 2.88. The fourth-order valence-electron chi connectivity index (χ4n) is 3.59. The van der Waals surface area contributed by atoms with Gasteiger partial charge in [0.25, 0.3) is 0 Å². The quantitative estimate of drug-likeness (QED) is 0.897. The summed E-state index contributed by atoms with van der Waals surface area (Å²) in [7, 11) is 2.07. The molecule has 2 atom stereocenters. The first-order valence-electron chi connectivity index (χ1n) is 7.74. The Morgan fingerprint density at radius 1 is 1.42 bits per heavy atom. The number of fused-ring (bicyclic) bond motifs is 1.